The quantitative estimate of drug-likeness (QED) is 0.700. The molecule has 0 aliphatic heterocycles. The number of fused-ring (bicyclic) bond motifs is 1. The maximum atomic E-state index is 3.48. The van der Waals surface area contributed by atoms with Crippen molar-refractivity contribution in [3.8, 4) is 0 Å². The summed E-state index contributed by atoms with van der Waals surface area (Å²) in [6, 6.07) is 14.7. The molecule has 2 rings (SSSR count). The van der Waals surface area contributed by atoms with Gasteiger partial charge < -0.3 is 0 Å². The lowest BCUT2D eigenvalue weighted by Gasteiger charge is -2.01. The Bertz CT molecular complexity index is 486. The Kier molecular flexibility index (Phi) is 3.04. The molecule has 0 radical (unpaired) electrons. The molecule has 0 aromatic heterocycles. The zero-order chi connectivity index (χ0) is 9.97. The molecule has 0 spiro atoms. The highest BCUT2D eigenvalue weighted by Crippen LogP contribution is 2.25. The van der Waals surface area contributed by atoms with Crippen molar-refractivity contribution in [2.75, 3.05) is 0 Å². The minimum absolute atomic E-state index is 1.06. The number of halogens is 2. The topological polar surface area (TPSA) is 0 Å². The fourth-order valence-corrected chi connectivity index (χ4v) is 1.91. The maximum absolute atomic E-state index is 3.48. The van der Waals surface area contributed by atoms with Crippen LogP contribution in [0.1, 0.15) is 5.56 Å². The van der Waals surface area contributed by atoms with Gasteiger partial charge in [0.2, 0.25) is 0 Å². The van der Waals surface area contributed by atoms with E-state index in [4.69, 9.17) is 0 Å². The van der Waals surface area contributed by atoms with Crippen LogP contribution >= 0.6 is 31.9 Å². The standard InChI is InChI=1S/C12H8Br2/c13-8-12(14)11-6-5-9-3-1-2-4-10(9)7-11/h1-8H. The van der Waals surface area contributed by atoms with E-state index in [1.165, 1.54) is 16.3 Å². The molecule has 70 valence electrons. The molecular weight excluding hydrogens is 304 g/mol. The molecule has 2 aromatic rings. The largest absolute Gasteiger partial charge is 0.0616 e. The normalized spacial score (nSPS) is 12.0. The lowest BCUT2D eigenvalue weighted by molar-refractivity contribution is 1.71. The molecule has 0 heterocycles. The first-order valence-corrected chi connectivity index (χ1v) is 5.97. The molecule has 0 aliphatic carbocycles. The molecule has 0 aliphatic rings. The van der Waals surface area contributed by atoms with E-state index in [0.717, 1.165) is 4.48 Å². The van der Waals surface area contributed by atoms with Gasteiger partial charge in [0.05, 0.1) is 0 Å². The molecule has 0 nitrogen and oxygen atoms in total. The van der Waals surface area contributed by atoms with Crippen molar-refractivity contribution in [1.82, 2.24) is 0 Å². The van der Waals surface area contributed by atoms with Crippen LogP contribution in [0, 0.1) is 0 Å². The predicted octanol–water partition coefficient (Wildman–Crippen LogP) is 4.93. The molecule has 0 unspecified atom stereocenters. The first kappa shape index (κ1) is 9.94. The molecule has 0 saturated heterocycles. The van der Waals surface area contributed by atoms with Crippen molar-refractivity contribution < 1.29 is 0 Å². The fraction of sp³-hybridized carbons (Fsp3) is 0. The molecular formula is C12H8Br2. The van der Waals surface area contributed by atoms with Crippen LogP contribution in [-0.2, 0) is 0 Å². The Labute approximate surface area is 99.9 Å². The summed E-state index contributed by atoms with van der Waals surface area (Å²) >= 11 is 6.79. The van der Waals surface area contributed by atoms with E-state index in [0.29, 0.717) is 0 Å². The van der Waals surface area contributed by atoms with Crippen LogP contribution in [0.3, 0.4) is 0 Å². The molecule has 0 saturated carbocycles. The predicted molar refractivity (Wildman–Crippen MR) is 69.8 cm³/mol. The third-order valence-corrected chi connectivity index (χ3v) is 3.88. The Hall–Kier alpha value is -0.600. The molecule has 0 N–H and O–H groups in total. The molecule has 0 amide bonds. The van der Waals surface area contributed by atoms with Gasteiger partial charge in [-0.05, 0) is 43.3 Å². The van der Waals surface area contributed by atoms with Gasteiger partial charge in [-0.1, -0.05) is 52.3 Å². The van der Waals surface area contributed by atoms with E-state index in [1.54, 1.807) is 0 Å². The van der Waals surface area contributed by atoms with Crippen LogP contribution in [0.4, 0.5) is 0 Å². The van der Waals surface area contributed by atoms with Crippen LogP contribution in [0.5, 0.6) is 0 Å². The van der Waals surface area contributed by atoms with Crippen LogP contribution in [0.2, 0.25) is 0 Å². The first-order chi connectivity index (χ1) is 6.81. The summed E-state index contributed by atoms with van der Waals surface area (Å²) in [5.41, 5.74) is 1.18. The minimum atomic E-state index is 1.06. The van der Waals surface area contributed by atoms with Gasteiger partial charge >= 0.3 is 0 Å². The van der Waals surface area contributed by atoms with E-state index >= 15 is 0 Å². The first-order valence-electron chi connectivity index (χ1n) is 4.26. The third kappa shape index (κ3) is 1.91. The summed E-state index contributed by atoms with van der Waals surface area (Å²) < 4.78 is 1.06. The van der Waals surface area contributed by atoms with Crippen LogP contribution in [0.25, 0.3) is 15.3 Å². The highest BCUT2D eigenvalue weighted by molar-refractivity contribution is 9.16. The Morgan fingerprint density at radius 1 is 1.00 bits per heavy atom. The monoisotopic (exact) mass is 310 g/mol. The van der Waals surface area contributed by atoms with Gasteiger partial charge in [-0.3, -0.25) is 0 Å². The van der Waals surface area contributed by atoms with E-state index in [2.05, 4.69) is 74.3 Å². The van der Waals surface area contributed by atoms with Gasteiger partial charge in [0.1, 0.15) is 0 Å². The molecule has 2 aromatic carbocycles. The Morgan fingerprint density at radius 3 is 2.43 bits per heavy atom. The number of benzene rings is 2. The van der Waals surface area contributed by atoms with E-state index in [1.807, 2.05) is 4.99 Å². The minimum Gasteiger partial charge on any atom is -0.0616 e. The number of hydrogen-bond donors (Lipinski definition) is 0. The summed E-state index contributed by atoms with van der Waals surface area (Å²) in [5.74, 6) is 0. The summed E-state index contributed by atoms with van der Waals surface area (Å²) in [4.78, 5) is 1.87. The Morgan fingerprint density at radius 2 is 1.71 bits per heavy atom. The fourth-order valence-electron chi connectivity index (χ4n) is 1.40. The highest BCUT2D eigenvalue weighted by atomic mass is 79.9. The summed E-state index contributed by atoms with van der Waals surface area (Å²) in [6.45, 7) is 0. The van der Waals surface area contributed by atoms with Crippen molar-refractivity contribution in [2.24, 2.45) is 0 Å². The van der Waals surface area contributed by atoms with Gasteiger partial charge in [0.25, 0.3) is 0 Å². The summed E-state index contributed by atoms with van der Waals surface area (Å²) in [6.07, 6.45) is 0. The van der Waals surface area contributed by atoms with E-state index in [9.17, 15) is 0 Å². The third-order valence-electron chi connectivity index (χ3n) is 2.12. The SMILES string of the molecule is BrC=C(Br)c1ccc2ccccc2c1. The van der Waals surface area contributed by atoms with Gasteiger partial charge in [-0.2, -0.15) is 0 Å². The van der Waals surface area contributed by atoms with Crippen molar-refractivity contribution in [2.45, 2.75) is 0 Å². The number of hydrogen-bond acceptors (Lipinski definition) is 0. The molecule has 2 heteroatoms. The summed E-state index contributed by atoms with van der Waals surface area (Å²) in [7, 11) is 0. The molecule has 14 heavy (non-hydrogen) atoms. The number of rotatable bonds is 1. The van der Waals surface area contributed by atoms with E-state index in [-0.39, 0.29) is 0 Å². The smallest absolute Gasteiger partial charge is 0.0317 e. The van der Waals surface area contributed by atoms with Crippen molar-refractivity contribution in [3.05, 3.63) is 53.0 Å². The highest BCUT2D eigenvalue weighted by Gasteiger charge is 1.98. The molecule has 0 fully saturated rings. The van der Waals surface area contributed by atoms with Gasteiger partial charge in [0, 0.05) is 4.48 Å². The van der Waals surface area contributed by atoms with Crippen LogP contribution in [-0.4, -0.2) is 0 Å². The average molecular weight is 312 g/mol. The lowest BCUT2D eigenvalue weighted by Crippen LogP contribution is -1.77. The van der Waals surface area contributed by atoms with Crippen LogP contribution < -0.4 is 0 Å². The second-order valence-electron chi connectivity index (χ2n) is 3.02. The zero-order valence-electron chi connectivity index (χ0n) is 7.37. The summed E-state index contributed by atoms with van der Waals surface area (Å²) in [5, 5.41) is 2.53. The van der Waals surface area contributed by atoms with E-state index < -0.39 is 0 Å². The van der Waals surface area contributed by atoms with Crippen molar-refractivity contribution in [3.63, 3.8) is 0 Å². The second kappa shape index (κ2) is 4.28. The van der Waals surface area contributed by atoms with Crippen molar-refractivity contribution >= 4 is 47.1 Å². The van der Waals surface area contributed by atoms with Gasteiger partial charge in [-0.25, -0.2) is 0 Å². The molecule has 0 bridgehead atoms. The van der Waals surface area contributed by atoms with Crippen LogP contribution in [0.15, 0.2) is 47.4 Å². The van der Waals surface area contributed by atoms with Gasteiger partial charge in [-0.15, -0.1) is 0 Å². The second-order valence-corrected chi connectivity index (χ2v) is 4.33. The zero-order valence-corrected chi connectivity index (χ0v) is 10.5. The Balaban J connectivity index is 2.62. The lowest BCUT2D eigenvalue weighted by atomic mass is 10.1. The molecule has 0 atom stereocenters. The van der Waals surface area contributed by atoms with Crippen molar-refractivity contribution in [1.29, 1.82) is 0 Å². The average Bonchev–Trinajstić information content (AvgIpc) is 2.27. The maximum Gasteiger partial charge on any atom is 0.0317 e. The van der Waals surface area contributed by atoms with Gasteiger partial charge in [0.15, 0.2) is 0 Å².